The van der Waals surface area contributed by atoms with Gasteiger partial charge >= 0.3 is 0 Å². The van der Waals surface area contributed by atoms with Crippen LogP contribution in [0.2, 0.25) is 0 Å². The fourth-order valence-electron chi connectivity index (χ4n) is 3.83. The van der Waals surface area contributed by atoms with Gasteiger partial charge in [-0.05, 0) is 65.3 Å². The first-order chi connectivity index (χ1) is 16.5. The summed E-state index contributed by atoms with van der Waals surface area (Å²) in [5.74, 6) is 1.07. The molecule has 3 N–H and O–H groups in total. The predicted octanol–water partition coefficient (Wildman–Crippen LogP) is 4.50. The highest BCUT2D eigenvalue weighted by molar-refractivity contribution is 9.10. The maximum Gasteiger partial charge on any atom is 0.270 e. The molecule has 0 spiro atoms. The molecule has 1 fully saturated rings. The van der Waals surface area contributed by atoms with E-state index in [-0.39, 0.29) is 17.8 Å². The van der Waals surface area contributed by atoms with Gasteiger partial charge < -0.3 is 25.3 Å². The van der Waals surface area contributed by atoms with E-state index in [0.717, 1.165) is 25.0 Å². The number of nitrogens with one attached hydrogen (secondary N) is 3. The molecule has 10 heteroatoms. The van der Waals surface area contributed by atoms with Gasteiger partial charge in [-0.3, -0.25) is 9.78 Å². The van der Waals surface area contributed by atoms with Crippen molar-refractivity contribution in [2.75, 3.05) is 18.4 Å². The Balaban J connectivity index is 1.33. The number of nitrogens with zero attached hydrogens (tertiary/aromatic N) is 3. The van der Waals surface area contributed by atoms with Crippen LogP contribution < -0.4 is 20.7 Å². The maximum atomic E-state index is 13.9. The first kappa shape index (κ1) is 22.3. The van der Waals surface area contributed by atoms with Crippen molar-refractivity contribution in [3.05, 3.63) is 70.7 Å². The Morgan fingerprint density at radius 2 is 2.06 bits per heavy atom. The van der Waals surface area contributed by atoms with Crippen LogP contribution in [0.3, 0.4) is 0 Å². The first-order valence-electron chi connectivity index (χ1n) is 10.8. The number of ether oxygens (including phenoxy) is 1. The summed E-state index contributed by atoms with van der Waals surface area (Å²) in [4.78, 5) is 21.3. The van der Waals surface area contributed by atoms with E-state index < -0.39 is 0 Å². The first-order valence-corrected chi connectivity index (χ1v) is 11.6. The monoisotopic (exact) mass is 524 g/mol. The molecule has 174 valence electrons. The second-order valence-corrected chi connectivity index (χ2v) is 8.90. The summed E-state index contributed by atoms with van der Waals surface area (Å²) in [5.41, 5.74) is 2.48. The molecule has 3 heterocycles. The molecule has 1 aliphatic heterocycles. The number of hydrogen-bond donors (Lipinski definition) is 3. The molecule has 0 radical (unpaired) electrons. The Morgan fingerprint density at radius 3 is 2.85 bits per heavy atom. The topological polar surface area (TPSA) is 93.1 Å². The highest BCUT2D eigenvalue weighted by Crippen LogP contribution is 2.29. The second-order valence-electron chi connectivity index (χ2n) is 8.04. The van der Waals surface area contributed by atoms with Crippen LogP contribution in [-0.4, -0.2) is 39.6 Å². The predicted molar refractivity (Wildman–Crippen MR) is 131 cm³/mol. The number of rotatable bonds is 6. The molecule has 1 saturated heterocycles. The summed E-state index contributed by atoms with van der Waals surface area (Å²) in [7, 11) is 1.88. The van der Waals surface area contributed by atoms with E-state index in [9.17, 15) is 9.18 Å². The lowest BCUT2D eigenvalue weighted by Gasteiger charge is -2.11. The molecule has 8 nitrogen and oxygen atoms in total. The molecule has 1 aliphatic rings. The Kier molecular flexibility index (Phi) is 6.16. The van der Waals surface area contributed by atoms with Crippen molar-refractivity contribution >= 4 is 44.5 Å². The molecule has 5 rings (SSSR count). The fraction of sp³-hybridized carbons (Fsp3) is 0.208. The van der Waals surface area contributed by atoms with E-state index in [1.807, 2.05) is 29.8 Å². The van der Waals surface area contributed by atoms with Gasteiger partial charge in [0.05, 0.1) is 15.5 Å². The van der Waals surface area contributed by atoms with Gasteiger partial charge in [-0.15, -0.1) is 0 Å². The van der Waals surface area contributed by atoms with Gasteiger partial charge in [-0.1, -0.05) is 0 Å². The standard InChI is InChI=1S/C24H22BrFN6O2/c1-32-22-5-3-16(11-20(22)31-24(32)30-14-2-4-18(25)19(26)10-14)34-17-7-9-28-21(12-17)23(33)29-15-6-8-27-13-15/h2-5,7,9-12,15,27H,6,8,13H2,1H3,(H,29,33)(H,30,31)/t15-/m1/s1. The molecule has 0 aliphatic carbocycles. The summed E-state index contributed by atoms with van der Waals surface area (Å²) in [6, 6.07) is 13.8. The minimum atomic E-state index is -0.357. The molecule has 0 bridgehead atoms. The highest BCUT2D eigenvalue weighted by atomic mass is 79.9. The number of anilines is 2. The zero-order chi connectivity index (χ0) is 23.7. The van der Waals surface area contributed by atoms with Gasteiger partial charge in [-0.25, -0.2) is 9.37 Å². The average molecular weight is 525 g/mol. The molecule has 1 amide bonds. The van der Waals surface area contributed by atoms with Crippen molar-refractivity contribution in [1.29, 1.82) is 0 Å². The van der Waals surface area contributed by atoms with Crippen molar-refractivity contribution < 1.29 is 13.9 Å². The number of imidazole rings is 1. The normalized spacial score (nSPS) is 15.4. The lowest BCUT2D eigenvalue weighted by atomic mass is 10.2. The summed E-state index contributed by atoms with van der Waals surface area (Å²) < 4.78 is 22.1. The Bertz CT molecular complexity index is 1370. The van der Waals surface area contributed by atoms with Crippen molar-refractivity contribution in [3.8, 4) is 11.5 Å². The third-order valence-electron chi connectivity index (χ3n) is 5.62. The number of fused-ring (bicyclic) bond motifs is 1. The van der Waals surface area contributed by atoms with Gasteiger partial charge in [0, 0.05) is 43.7 Å². The van der Waals surface area contributed by atoms with Crippen LogP contribution in [0.15, 0.2) is 59.2 Å². The lowest BCUT2D eigenvalue weighted by molar-refractivity contribution is 0.0934. The van der Waals surface area contributed by atoms with Crippen molar-refractivity contribution in [2.45, 2.75) is 12.5 Å². The van der Waals surface area contributed by atoms with E-state index in [0.29, 0.717) is 38.8 Å². The number of hydrogen-bond acceptors (Lipinski definition) is 6. The second kappa shape index (κ2) is 9.40. The SMILES string of the molecule is Cn1c(Nc2ccc(Br)c(F)c2)nc2cc(Oc3ccnc(C(=O)N[C@@H]4CCNC4)c3)ccc21. The number of aromatic nitrogens is 3. The van der Waals surface area contributed by atoms with Crippen molar-refractivity contribution in [2.24, 2.45) is 7.05 Å². The van der Waals surface area contributed by atoms with Gasteiger partial charge in [0.25, 0.3) is 5.91 Å². The molecule has 2 aromatic heterocycles. The van der Waals surface area contributed by atoms with Gasteiger partial charge in [0.1, 0.15) is 23.0 Å². The lowest BCUT2D eigenvalue weighted by Crippen LogP contribution is -2.36. The van der Waals surface area contributed by atoms with Crippen LogP contribution in [-0.2, 0) is 7.05 Å². The number of halogens is 2. The van der Waals surface area contributed by atoms with Gasteiger partial charge in [-0.2, -0.15) is 0 Å². The van der Waals surface area contributed by atoms with E-state index >= 15 is 0 Å². The number of aryl methyl sites for hydroxylation is 1. The van der Waals surface area contributed by atoms with E-state index in [1.165, 1.54) is 6.07 Å². The average Bonchev–Trinajstić information content (AvgIpc) is 3.44. The third kappa shape index (κ3) is 4.73. The molecular weight excluding hydrogens is 503 g/mol. The van der Waals surface area contributed by atoms with Gasteiger partial charge in [0.15, 0.2) is 0 Å². The van der Waals surface area contributed by atoms with E-state index in [1.54, 1.807) is 30.5 Å². The summed E-state index contributed by atoms with van der Waals surface area (Å²) >= 11 is 3.16. The van der Waals surface area contributed by atoms with E-state index in [2.05, 4.69) is 41.8 Å². The number of pyridine rings is 1. The van der Waals surface area contributed by atoms with Crippen LogP contribution in [0.1, 0.15) is 16.9 Å². The fourth-order valence-corrected chi connectivity index (χ4v) is 4.08. The molecule has 1 atom stereocenters. The summed E-state index contributed by atoms with van der Waals surface area (Å²) in [6.45, 7) is 1.66. The molecule has 34 heavy (non-hydrogen) atoms. The van der Waals surface area contributed by atoms with Crippen LogP contribution in [0.25, 0.3) is 11.0 Å². The Labute approximate surface area is 203 Å². The summed E-state index contributed by atoms with van der Waals surface area (Å²) in [6.07, 6.45) is 2.45. The maximum absolute atomic E-state index is 13.9. The number of amides is 1. The van der Waals surface area contributed by atoms with Gasteiger partial charge in [0.2, 0.25) is 5.95 Å². The minimum Gasteiger partial charge on any atom is -0.457 e. The van der Waals surface area contributed by atoms with Crippen LogP contribution >= 0.6 is 15.9 Å². The molecule has 2 aromatic carbocycles. The molecule has 0 saturated carbocycles. The summed E-state index contributed by atoms with van der Waals surface area (Å²) in [5, 5.41) is 9.34. The highest BCUT2D eigenvalue weighted by Gasteiger charge is 2.19. The number of benzene rings is 2. The Morgan fingerprint density at radius 1 is 1.21 bits per heavy atom. The minimum absolute atomic E-state index is 0.113. The Hall–Kier alpha value is -3.50. The van der Waals surface area contributed by atoms with Crippen molar-refractivity contribution in [1.82, 2.24) is 25.2 Å². The van der Waals surface area contributed by atoms with Crippen LogP contribution in [0.4, 0.5) is 16.0 Å². The number of carbonyl (C=O) groups is 1. The van der Waals surface area contributed by atoms with Crippen molar-refractivity contribution in [3.63, 3.8) is 0 Å². The number of carbonyl (C=O) groups excluding carboxylic acids is 1. The largest absolute Gasteiger partial charge is 0.457 e. The zero-order valence-corrected chi connectivity index (χ0v) is 19.9. The van der Waals surface area contributed by atoms with Crippen LogP contribution in [0, 0.1) is 5.82 Å². The van der Waals surface area contributed by atoms with Crippen LogP contribution in [0.5, 0.6) is 11.5 Å². The third-order valence-corrected chi connectivity index (χ3v) is 6.27. The molecule has 0 unspecified atom stereocenters. The quantitative estimate of drug-likeness (QED) is 0.344. The van der Waals surface area contributed by atoms with E-state index in [4.69, 9.17) is 4.74 Å². The molecular formula is C24H22BrFN6O2. The molecule has 4 aromatic rings. The zero-order valence-electron chi connectivity index (χ0n) is 18.3. The smallest absolute Gasteiger partial charge is 0.270 e.